The van der Waals surface area contributed by atoms with Gasteiger partial charge in [0.25, 0.3) is 0 Å². The molecule has 0 radical (unpaired) electrons. The van der Waals surface area contributed by atoms with E-state index in [1.807, 2.05) is 20.8 Å². The van der Waals surface area contributed by atoms with E-state index in [1.165, 1.54) is 0 Å². The van der Waals surface area contributed by atoms with Crippen LogP contribution in [0.25, 0.3) is 0 Å². The molecular weight excluding hydrogens is 356 g/mol. The van der Waals surface area contributed by atoms with Crippen molar-refractivity contribution in [2.24, 2.45) is 11.3 Å². The Labute approximate surface area is 160 Å². The minimum Gasteiger partial charge on any atom is -0.394 e. The van der Waals surface area contributed by atoms with Crippen LogP contribution in [0, 0.1) is 11.3 Å². The highest BCUT2D eigenvalue weighted by Crippen LogP contribution is 2.48. The molecule has 0 aromatic rings. The first-order valence-electron chi connectivity index (χ1n) is 9.48. The highest BCUT2D eigenvalue weighted by atomic mass is 16.7. The normalized spacial score (nSPS) is 46.5. The van der Waals surface area contributed by atoms with Gasteiger partial charge in [0.05, 0.1) is 24.4 Å². The zero-order valence-electron chi connectivity index (χ0n) is 16.4. The van der Waals surface area contributed by atoms with Crippen molar-refractivity contribution in [2.45, 2.75) is 89.1 Å². The highest BCUT2D eigenvalue weighted by molar-refractivity contribution is 5.15. The molecule has 0 unspecified atom stereocenters. The van der Waals surface area contributed by atoms with Crippen molar-refractivity contribution in [1.29, 1.82) is 0 Å². The average Bonchev–Trinajstić information content (AvgIpc) is 2.58. The molecule has 9 atom stereocenters. The smallest absolute Gasteiger partial charge is 0.187 e. The summed E-state index contributed by atoms with van der Waals surface area (Å²) < 4.78 is 10.9. The van der Waals surface area contributed by atoms with Crippen molar-refractivity contribution < 1.29 is 40.1 Å². The average molecular weight is 390 g/mol. The molecule has 2 aliphatic rings. The van der Waals surface area contributed by atoms with Crippen LogP contribution < -0.4 is 0 Å². The summed E-state index contributed by atoms with van der Waals surface area (Å²) in [6.07, 6.45) is -3.42. The number of ether oxygens (including phenoxy) is 2. The van der Waals surface area contributed by atoms with Gasteiger partial charge >= 0.3 is 0 Å². The van der Waals surface area contributed by atoms with Crippen molar-refractivity contribution in [3.8, 4) is 0 Å². The Kier molecular flexibility index (Phi) is 7.08. The summed E-state index contributed by atoms with van der Waals surface area (Å²) in [7, 11) is 0. The van der Waals surface area contributed by atoms with E-state index in [2.05, 4.69) is 0 Å². The zero-order valence-corrected chi connectivity index (χ0v) is 16.4. The molecule has 1 saturated carbocycles. The first-order chi connectivity index (χ1) is 12.4. The maximum Gasteiger partial charge on any atom is 0.187 e. The third kappa shape index (κ3) is 4.54. The van der Waals surface area contributed by atoms with Crippen LogP contribution in [-0.4, -0.2) is 85.8 Å². The van der Waals surface area contributed by atoms with Gasteiger partial charge in [-0.15, -0.1) is 0 Å². The van der Waals surface area contributed by atoms with Gasteiger partial charge in [0.2, 0.25) is 0 Å². The standard InChI is InChI=1S/C19H34O8/c1-10-7-12(21)8-18(3,4)19(10,25)6-5-11(2)26-17-16(24)15(23)14(22)13(9-20)27-17/h5-6,10-17,20-25H,7-9H2,1-4H3/b6-5+/t10-,11-,12+,13-,14-,15+,16-,17+,19-/m1/s1. The molecule has 0 spiro atoms. The lowest BCUT2D eigenvalue weighted by molar-refractivity contribution is -0.306. The summed E-state index contributed by atoms with van der Waals surface area (Å²) in [5, 5.41) is 60.1. The molecule has 2 rings (SSSR count). The number of rotatable bonds is 5. The zero-order chi connectivity index (χ0) is 20.6. The lowest BCUT2D eigenvalue weighted by Gasteiger charge is -2.50. The molecule has 8 heteroatoms. The molecule has 1 aliphatic carbocycles. The van der Waals surface area contributed by atoms with E-state index in [4.69, 9.17) is 9.47 Å². The van der Waals surface area contributed by atoms with Gasteiger partial charge in [-0.3, -0.25) is 0 Å². The maximum atomic E-state index is 11.2. The second-order valence-corrected chi connectivity index (χ2v) is 8.60. The maximum absolute atomic E-state index is 11.2. The molecule has 1 saturated heterocycles. The van der Waals surface area contributed by atoms with Crippen LogP contribution in [0.2, 0.25) is 0 Å². The molecule has 6 N–H and O–H groups in total. The Morgan fingerprint density at radius 2 is 1.78 bits per heavy atom. The van der Waals surface area contributed by atoms with E-state index < -0.39 is 60.5 Å². The predicted octanol–water partition coefficient (Wildman–Crippen LogP) is -0.704. The first kappa shape index (κ1) is 22.7. The molecule has 0 aromatic carbocycles. The fraction of sp³-hybridized carbons (Fsp3) is 0.895. The first-order valence-corrected chi connectivity index (χ1v) is 9.48. The molecular formula is C19H34O8. The Morgan fingerprint density at radius 3 is 2.33 bits per heavy atom. The van der Waals surface area contributed by atoms with Crippen LogP contribution in [0.4, 0.5) is 0 Å². The lowest BCUT2D eigenvalue weighted by atomic mass is 9.60. The number of hydrogen-bond acceptors (Lipinski definition) is 8. The van der Waals surface area contributed by atoms with Crippen molar-refractivity contribution in [2.75, 3.05) is 6.61 Å². The lowest BCUT2D eigenvalue weighted by Crippen LogP contribution is -2.59. The summed E-state index contributed by atoms with van der Waals surface area (Å²) >= 11 is 0. The van der Waals surface area contributed by atoms with Gasteiger partial charge in [0.1, 0.15) is 24.4 Å². The predicted molar refractivity (Wildman–Crippen MR) is 96.6 cm³/mol. The van der Waals surface area contributed by atoms with Crippen LogP contribution in [0.5, 0.6) is 0 Å². The number of hydrogen-bond donors (Lipinski definition) is 6. The third-order valence-electron chi connectivity index (χ3n) is 6.03. The van der Waals surface area contributed by atoms with Gasteiger partial charge in [-0.05, 0) is 31.1 Å². The third-order valence-corrected chi connectivity index (χ3v) is 6.03. The van der Waals surface area contributed by atoms with Gasteiger partial charge in [0.15, 0.2) is 6.29 Å². The SMILES string of the molecule is C[C@H](/C=C/[C@@]1(O)[C@H](C)C[C@H](O)CC1(C)C)O[C@H]1O[C@H](CO)[C@@H](O)[C@H](O)[C@H]1O. The van der Waals surface area contributed by atoms with Crippen molar-refractivity contribution in [1.82, 2.24) is 0 Å². The molecule has 2 fully saturated rings. The molecule has 1 heterocycles. The van der Waals surface area contributed by atoms with E-state index >= 15 is 0 Å². The molecule has 158 valence electrons. The van der Waals surface area contributed by atoms with Crippen LogP contribution in [0.1, 0.15) is 40.5 Å². The molecule has 8 nitrogen and oxygen atoms in total. The molecule has 1 aliphatic heterocycles. The number of aliphatic hydroxyl groups excluding tert-OH is 5. The number of aliphatic hydroxyl groups is 6. The van der Waals surface area contributed by atoms with Crippen LogP contribution in [0.3, 0.4) is 0 Å². The summed E-state index contributed by atoms with van der Waals surface area (Å²) in [6, 6.07) is 0. The van der Waals surface area contributed by atoms with Crippen molar-refractivity contribution >= 4 is 0 Å². The van der Waals surface area contributed by atoms with E-state index in [-0.39, 0.29) is 5.92 Å². The summed E-state index contributed by atoms with van der Waals surface area (Å²) in [4.78, 5) is 0. The molecule has 0 bridgehead atoms. The molecule has 0 aromatic heterocycles. The fourth-order valence-corrected chi connectivity index (χ4v) is 4.20. The Morgan fingerprint density at radius 1 is 1.15 bits per heavy atom. The van der Waals surface area contributed by atoms with E-state index in [9.17, 15) is 30.6 Å². The van der Waals surface area contributed by atoms with Crippen molar-refractivity contribution in [3.63, 3.8) is 0 Å². The van der Waals surface area contributed by atoms with Gasteiger partial charge < -0.3 is 40.1 Å². The highest BCUT2D eigenvalue weighted by Gasteiger charge is 2.50. The summed E-state index contributed by atoms with van der Waals surface area (Å²) in [5.41, 5.74) is -1.68. The second-order valence-electron chi connectivity index (χ2n) is 8.60. The van der Waals surface area contributed by atoms with Gasteiger partial charge in [0, 0.05) is 0 Å². The second kappa shape index (κ2) is 8.42. The largest absolute Gasteiger partial charge is 0.394 e. The fourth-order valence-electron chi connectivity index (χ4n) is 4.20. The Balaban J connectivity index is 2.07. The van der Waals surface area contributed by atoms with Crippen LogP contribution >= 0.6 is 0 Å². The Bertz CT molecular complexity index is 522. The quantitative estimate of drug-likeness (QED) is 0.339. The van der Waals surface area contributed by atoms with E-state index in [0.29, 0.717) is 12.8 Å². The summed E-state index contributed by atoms with van der Waals surface area (Å²) in [5.74, 6) is -0.160. The van der Waals surface area contributed by atoms with Crippen LogP contribution in [-0.2, 0) is 9.47 Å². The monoisotopic (exact) mass is 390 g/mol. The van der Waals surface area contributed by atoms with Crippen LogP contribution in [0.15, 0.2) is 12.2 Å². The van der Waals surface area contributed by atoms with Crippen molar-refractivity contribution in [3.05, 3.63) is 12.2 Å². The summed E-state index contributed by atoms with van der Waals surface area (Å²) in [6.45, 7) is 6.86. The van der Waals surface area contributed by atoms with Gasteiger partial charge in [-0.1, -0.05) is 32.9 Å². The molecule has 27 heavy (non-hydrogen) atoms. The minimum atomic E-state index is -1.50. The van der Waals surface area contributed by atoms with E-state index in [1.54, 1.807) is 19.1 Å². The molecule has 0 amide bonds. The Hall–Kier alpha value is -0.580. The van der Waals surface area contributed by atoms with Gasteiger partial charge in [-0.25, -0.2) is 0 Å². The minimum absolute atomic E-state index is 0.160. The van der Waals surface area contributed by atoms with E-state index in [0.717, 1.165) is 0 Å². The van der Waals surface area contributed by atoms with Gasteiger partial charge in [-0.2, -0.15) is 0 Å². The topological polar surface area (TPSA) is 140 Å².